The van der Waals surface area contributed by atoms with Crippen LogP contribution in [-0.4, -0.2) is 19.5 Å². The van der Waals surface area contributed by atoms with E-state index in [0.29, 0.717) is 17.0 Å². The fourth-order valence-electron chi connectivity index (χ4n) is 2.06. The third-order valence-electron chi connectivity index (χ3n) is 3.31. The molecule has 0 aliphatic rings. The molecule has 25 heavy (non-hydrogen) atoms. The molecule has 3 N–H and O–H groups in total. The highest BCUT2D eigenvalue weighted by atomic mass is 32.2. The number of sulfonamides is 1. The van der Waals surface area contributed by atoms with Gasteiger partial charge in [-0.2, -0.15) is 0 Å². The molecule has 7 nitrogen and oxygen atoms in total. The molecule has 1 heterocycles. The fraction of sp³-hybridized carbons (Fsp3) is 0. The first-order chi connectivity index (χ1) is 11.8. The van der Waals surface area contributed by atoms with E-state index in [1.807, 2.05) is 0 Å². The Hall–Kier alpha value is -3.04. The summed E-state index contributed by atoms with van der Waals surface area (Å²) in [6.07, 6.45) is 0. The summed E-state index contributed by atoms with van der Waals surface area (Å²) < 4.78 is 40.4. The Bertz CT molecular complexity index is 1010. The van der Waals surface area contributed by atoms with E-state index < -0.39 is 15.9 Å². The van der Waals surface area contributed by atoms with Crippen molar-refractivity contribution in [3.63, 3.8) is 0 Å². The summed E-state index contributed by atoms with van der Waals surface area (Å²) in [4.78, 5) is 12.1. The lowest BCUT2D eigenvalue weighted by Gasteiger charge is -2.03. The van der Waals surface area contributed by atoms with Gasteiger partial charge in [0.15, 0.2) is 11.5 Å². The van der Waals surface area contributed by atoms with E-state index in [9.17, 15) is 17.6 Å². The standard InChI is InChI=1S/C16H12FN3O4S/c17-11-3-1-10(2-4-11)15-9-14(20-24-15)16(21)19-12-5-7-13(8-6-12)25(18,22)23/h1-9H,(H,19,21)(H2,18,22,23). The molecule has 0 unspecified atom stereocenters. The summed E-state index contributed by atoms with van der Waals surface area (Å²) >= 11 is 0. The Morgan fingerprint density at radius 1 is 1.08 bits per heavy atom. The zero-order valence-electron chi connectivity index (χ0n) is 12.6. The monoisotopic (exact) mass is 361 g/mol. The zero-order chi connectivity index (χ0) is 18.0. The number of primary sulfonamides is 1. The molecule has 0 saturated carbocycles. The summed E-state index contributed by atoms with van der Waals surface area (Å²) in [7, 11) is -3.80. The molecule has 2 aromatic carbocycles. The predicted molar refractivity (Wildman–Crippen MR) is 87.7 cm³/mol. The summed E-state index contributed by atoms with van der Waals surface area (Å²) in [6.45, 7) is 0. The van der Waals surface area contributed by atoms with Crippen molar-refractivity contribution in [1.29, 1.82) is 0 Å². The Kier molecular flexibility index (Phi) is 4.34. The van der Waals surface area contributed by atoms with Gasteiger partial charge < -0.3 is 9.84 Å². The number of carbonyl (C=O) groups is 1. The molecule has 0 fully saturated rings. The van der Waals surface area contributed by atoms with Crippen molar-refractivity contribution in [1.82, 2.24) is 5.16 Å². The van der Waals surface area contributed by atoms with E-state index in [0.717, 1.165) is 0 Å². The van der Waals surface area contributed by atoms with Crippen LogP contribution in [0.5, 0.6) is 0 Å². The molecule has 128 valence electrons. The molecular weight excluding hydrogens is 349 g/mol. The van der Waals surface area contributed by atoms with Crippen molar-refractivity contribution < 1.29 is 22.1 Å². The number of benzene rings is 2. The maximum absolute atomic E-state index is 12.9. The number of amides is 1. The largest absolute Gasteiger partial charge is 0.355 e. The minimum atomic E-state index is -3.80. The number of nitrogens with one attached hydrogen (secondary N) is 1. The highest BCUT2D eigenvalue weighted by molar-refractivity contribution is 7.89. The van der Waals surface area contributed by atoms with Gasteiger partial charge in [-0.3, -0.25) is 4.79 Å². The van der Waals surface area contributed by atoms with Crippen LogP contribution in [0.1, 0.15) is 10.5 Å². The molecule has 0 bridgehead atoms. The van der Waals surface area contributed by atoms with Gasteiger partial charge in [-0.25, -0.2) is 17.9 Å². The minimum Gasteiger partial charge on any atom is -0.355 e. The van der Waals surface area contributed by atoms with Gasteiger partial charge in [-0.15, -0.1) is 0 Å². The second-order valence-corrected chi connectivity index (χ2v) is 6.67. The van der Waals surface area contributed by atoms with Crippen LogP contribution in [0.2, 0.25) is 0 Å². The first kappa shape index (κ1) is 16.8. The Labute approximate surface area is 142 Å². The highest BCUT2D eigenvalue weighted by Gasteiger charge is 2.14. The molecule has 0 atom stereocenters. The van der Waals surface area contributed by atoms with Crippen molar-refractivity contribution in [3.8, 4) is 11.3 Å². The van der Waals surface area contributed by atoms with Gasteiger partial charge in [0.1, 0.15) is 5.82 Å². The third-order valence-corrected chi connectivity index (χ3v) is 4.24. The normalized spacial score (nSPS) is 11.3. The van der Waals surface area contributed by atoms with Crippen LogP contribution in [-0.2, 0) is 10.0 Å². The van der Waals surface area contributed by atoms with Crippen LogP contribution in [0.4, 0.5) is 10.1 Å². The van der Waals surface area contributed by atoms with E-state index >= 15 is 0 Å². The van der Waals surface area contributed by atoms with Crippen LogP contribution in [0.15, 0.2) is 64.0 Å². The van der Waals surface area contributed by atoms with Crippen LogP contribution in [0, 0.1) is 5.82 Å². The molecule has 0 radical (unpaired) electrons. The maximum Gasteiger partial charge on any atom is 0.277 e. The summed E-state index contributed by atoms with van der Waals surface area (Å²) in [5.74, 6) is -0.612. The lowest BCUT2D eigenvalue weighted by atomic mass is 10.1. The van der Waals surface area contributed by atoms with Gasteiger partial charge in [-0.05, 0) is 48.5 Å². The molecule has 0 aliphatic carbocycles. The van der Waals surface area contributed by atoms with Gasteiger partial charge in [-0.1, -0.05) is 5.16 Å². The number of halogens is 1. The Morgan fingerprint density at radius 2 is 1.72 bits per heavy atom. The van der Waals surface area contributed by atoms with Gasteiger partial charge in [0.05, 0.1) is 4.90 Å². The van der Waals surface area contributed by atoms with Crippen molar-refractivity contribution >= 4 is 21.6 Å². The number of carbonyl (C=O) groups excluding carboxylic acids is 1. The summed E-state index contributed by atoms with van der Waals surface area (Å²) in [5.41, 5.74) is 0.962. The smallest absolute Gasteiger partial charge is 0.277 e. The second-order valence-electron chi connectivity index (χ2n) is 5.11. The SMILES string of the molecule is NS(=O)(=O)c1ccc(NC(=O)c2cc(-c3ccc(F)cc3)on2)cc1. The average molecular weight is 361 g/mol. The number of rotatable bonds is 4. The van der Waals surface area contributed by atoms with Gasteiger partial charge in [0.2, 0.25) is 10.0 Å². The van der Waals surface area contributed by atoms with Gasteiger partial charge in [0.25, 0.3) is 5.91 Å². The van der Waals surface area contributed by atoms with Crippen molar-refractivity contribution in [2.45, 2.75) is 4.90 Å². The topological polar surface area (TPSA) is 115 Å². The molecule has 1 amide bonds. The van der Waals surface area contributed by atoms with E-state index in [4.69, 9.17) is 9.66 Å². The molecule has 3 aromatic rings. The average Bonchev–Trinajstić information content (AvgIpc) is 3.05. The molecule has 0 aliphatic heterocycles. The van der Waals surface area contributed by atoms with E-state index in [2.05, 4.69) is 10.5 Å². The molecule has 9 heteroatoms. The van der Waals surface area contributed by atoms with E-state index in [1.54, 1.807) is 0 Å². The van der Waals surface area contributed by atoms with Gasteiger partial charge >= 0.3 is 0 Å². The lowest BCUT2D eigenvalue weighted by molar-refractivity contribution is 0.101. The lowest BCUT2D eigenvalue weighted by Crippen LogP contribution is -2.14. The van der Waals surface area contributed by atoms with Gasteiger partial charge in [0, 0.05) is 17.3 Å². The predicted octanol–water partition coefficient (Wildman–Crippen LogP) is 2.38. The number of nitrogens with two attached hydrogens (primary N) is 1. The van der Waals surface area contributed by atoms with Crippen LogP contribution < -0.4 is 10.5 Å². The number of aromatic nitrogens is 1. The van der Waals surface area contributed by atoms with E-state index in [-0.39, 0.29) is 16.4 Å². The first-order valence-corrected chi connectivity index (χ1v) is 8.54. The second kappa shape index (κ2) is 6.46. The molecule has 0 spiro atoms. The number of hydrogen-bond acceptors (Lipinski definition) is 5. The summed E-state index contributed by atoms with van der Waals surface area (Å²) in [5, 5.41) is 11.2. The Morgan fingerprint density at radius 3 is 2.32 bits per heavy atom. The highest BCUT2D eigenvalue weighted by Crippen LogP contribution is 2.21. The third kappa shape index (κ3) is 3.90. The number of nitrogens with zero attached hydrogens (tertiary/aromatic N) is 1. The van der Waals surface area contributed by atoms with Crippen molar-refractivity contribution in [2.75, 3.05) is 5.32 Å². The molecule has 1 aromatic heterocycles. The molecular formula is C16H12FN3O4S. The summed E-state index contributed by atoms with van der Waals surface area (Å²) in [6, 6.07) is 12.3. The first-order valence-electron chi connectivity index (χ1n) is 7.00. The fourth-order valence-corrected chi connectivity index (χ4v) is 2.57. The van der Waals surface area contributed by atoms with Crippen molar-refractivity contribution in [3.05, 3.63) is 66.1 Å². The number of anilines is 1. The van der Waals surface area contributed by atoms with Crippen LogP contribution >= 0.6 is 0 Å². The van der Waals surface area contributed by atoms with Crippen molar-refractivity contribution in [2.24, 2.45) is 5.14 Å². The minimum absolute atomic E-state index is 0.0230. The van der Waals surface area contributed by atoms with E-state index in [1.165, 1.54) is 54.6 Å². The molecule has 3 rings (SSSR count). The molecule has 0 saturated heterocycles. The van der Waals surface area contributed by atoms with Crippen LogP contribution in [0.3, 0.4) is 0 Å². The maximum atomic E-state index is 12.9. The quantitative estimate of drug-likeness (QED) is 0.740. The number of hydrogen-bond donors (Lipinski definition) is 2. The Balaban J connectivity index is 1.75. The van der Waals surface area contributed by atoms with Crippen LogP contribution in [0.25, 0.3) is 11.3 Å². The zero-order valence-corrected chi connectivity index (χ0v) is 13.5.